The summed E-state index contributed by atoms with van der Waals surface area (Å²) >= 11 is 0. The minimum Gasteiger partial charge on any atom is -0.486 e. The van der Waals surface area contributed by atoms with Gasteiger partial charge in [-0.1, -0.05) is 12.1 Å². The van der Waals surface area contributed by atoms with E-state index in [9.17, 15) is 13.2 Å². The Bertz CT molecular complexity index is 844. The number of nitrogens with one attached hydrogen (secondary N) is 2. The highest BCUT2D eigenvalue weighted by atomic mass is 32.2. The van der Waals surface area contributed by atoms with Crippen LogP contribution >= 0.6 is 0 Å². The lowest BCUT2D eigenvalue weighted by molar-refractivity contribution is 0.194. The summed E-state index contributed by atoms with van der Waals surface area (Å²) in [5, 5.41) is 6.37. The Morgan fingerprint density at radius 2 is 2.22 bits per heavy atom. The average Bonchev–Trinajstić information content (AvgIpc) is 2.91. The zero-order chi connectivity index (χ0) is 16.4. The summed E-state index contributed by atoms with van der Waals surface area (Å²) in [5.74, 6) is 0.119. The molecule has 0 radical (unpaired) electrons. The Kier molecular flexibility index (Phi) is 3.99. The second-order valence-electron chi connectivity index (χ2n) is 5.16. The standard InChI is InChI=1S/C13H16N4O5S/c1-23(19,20)17-8-9(21-11-5-3-2-4-10(11)17)6-7-14-12-15-13(18)22-16-12/h2-5,9H,6-8H2,1H3,(H2,14,15,16,18)/t9-/m0/s1. The Morgan fingerprint density at radius 3 is 2.91 bits per heavy atom. The van der Waals surface area contributed by atoms with E-state index in [0.29, 0.717) is 24.4 Å². The van der Waals surface area contributed by atoms with Gasteiger partial charge >= 0.3 is 5.76 Å². The van der Waals surface area contributed by atoms with Crippen LogP contribution in [0.25, 0.3) is 0 Å². The number of fused-ring (bicyclic) bond motifs is 1. The predicted molar refractivity (Wildman–Crippen MR) is 83.3 cm³/mol. The zero-order valence-electron chi connectivity index (χ0n) is 12.4. The minimum absolute atomic E-state index is 0.228. The fourth-order valence-corrected chi connectivity index (χ4v) is 3.33. The normalized spacial score (nSPS) is 17.4. The van der Waals surface area contributed by atoms with E-state index in [1.165, 1.54) is 10.6 Å². The van der Waals surface area contributed by atoms with E-state index in [1.807, 2.05) is 0 Å². The Balaban J connectivity index is 1.69. The van der Waals surface area contributed by atoms with Gasteiger partial charge in [-0.05, 0) is 17.3 Å². The first-order valence-corrected chi connectivity index (χ1v) is 8.81. The molecule has 1 aliphatic heterocycles. The molecule has 124 valence electrons. The monoisotopic (exact) mass is 340 g/mol. The van der Waals surface area contributed by atoms with E-state index in [4.69, 9.17) is 4.74 Å². The van der Waals surface area contributed by atoms with Crippen LogP contribution in [0.1, 0.15) is 6.42 Å². The number of para-hydroxylation sites is 2. The first kappa shape index (κ1) is 15.4. The first-order valence-electron chi connectivity index (χ1n) is 6.97. The van der Waals surface area contributed by atoms with Gasteiger partial charge < -0.3 is 10.1 Å². The number of hydrogen-bond acceptors (Lipinski definition) is 7. The Morgan fingerprint density at radius 1 is 1.43 bits per heavy atom. The highest BCUT2D eigenvalue weighted by Gasteiger charge is 2.30. The molecule has 0 saturated carbocycles. The van der Waals surface area contributed by atoms with Crippen LogP contribution in [0.3, 0.4) is 0 Å². The number of H-pyrrole nitrogens is 1. The number of rotatable bonds is 5. The van der Waals surface area contributed by atoms with Gasteiger partial charge in [0.15, 0.2) is 0 Å². The summed E-state index contributed by atoms with van der Waals surface area (Å²) < 4.78 is 35.5. The third-order valence-electron chi connectivity index (χ3n) is 3.40. The summed E-state index contributed by atoms with van der Waals surface area (Å²) in [6.07, 6.45) is 1.38. The maximum Gasteiger partial charge on any atom is 0.440 e. The van der Waals surface area contributed by atoms with Crippen molar-refractivity contribution < 1.29 is 17.7 Å². The van der Waals surface area contributed by atoms with Crippen molar-refractivity contribution in [2.45, 2.75) is 12.5 Å². The molecule has 0 spiro atoms. The molecular weight excluding hydrogens is 324 g/mol. The molecule has 1 atom stereocenters. The van der Waals surface area contributed by atoms with E-state index >= 15 is 0 Å². The molecule has 1 aromatic carbocycles. The van der Waals surface area contributed by atoms with Gasteiger partial charge in [0.25, 0.3) is 0 Å². The molecule has 9 nitrogen and oxygen atoms in total. The third kappa shape index (κ3) is 3.47. The van der Waals surface area contributed by atoms with Crippen molar-refractivity contribution in [2.75, 3.05) is 29.0 Å². The fraction of sp³-hybridized carbons (Fsp3) is 0.385. The van der Waals surface area contributed by atoms with E-state index in [2.05, 4.69) is 20.0 Å². The van der Waals surface area contributed by atoms with Crippen LogP contribution in [0.5, 0.6) is 5.75 Å². The molecule has 2 aromatic rings. The van der Waals surface area contributed by atoms with Crippen molar-refractivity contribution in [1.29, 1.82) is 0 Å². The number of anilines is 2. The van der Waals surface area contributed by atoms with Crippen molar-refractivity contribution in [2.24, 2.45) is 0 Å². The van der Waals surface area contributed by atoms with Crippen LogP contribution in [0.15, 0.2) is 33.6 Å². The van der Waals surface area contributed by atoms with E-state index < -0.39 is 15.8 Å². The second-order valence-corrected chi connectivity index (χ2v) is 7.07. The number of hydrogen-bond donors (Lipinski definition) is 2. The van der Waals surface area contributed by atoms with Crippen LogP contribution in [-0.4, -0.2) is 44.0 Å². The summed E-state index contributed by atoms with van der Waals surface area (Å²) in [5.41, 5.74) is 0.542. The molecular formula is C13H16N4O5S. The quantitative estimate of drug-likeness (QED) is 0.808. The van der Waals surface area contributed by atoms with Gasteiger partial charge in [0.1, 0.15) is 11.9 Å². The van der Waals surface area contributed by atoms with Gasteiger partial charge in [0, 0.05) is 13.0 Å². The lowest BCUT2D eigenvalue weighted by atomic mass is 10.2. The molecule has 2 N–H and O–H groups in total. The average molecular weight is 340 g/mol. The van der Waals surface area contributed by atoms with Crippen molar-refractivity contribution in [3.05, 3.63) is 34.8 Å². The molecule has 2 heterocycles. The van der Waals surface area contributed by atoms with Gasteiger partial charge in [0.2, 0.25) is 16.0 Å². The van der Waals surface area contributed by atoms with Crippen LogP contribution in [0.2, 0.25) is 0 Å². The molecule has 0 fully saturated rings. The molecule has 0 amide bonds. The molecule has 3 rings (SSSR count). The van der Waals surface area contributed by atoms with E-state index in [1.54, 1.807) is 24.3 Å². The van der Waals surface area contributed by atoms with Crippen LogP contribution in [0, 0.1) is 0 Å². The summed E-state index contributed by atoms with van der Waals surface area (Å²) in [6, 6.07) is 7.01. The predicted octanol–water partition coefficient (Wildman–Crippen LogP) is 0.392. The van der Waals surface area contributed by atoms with Gasteiger partial charge in [-0.3, -0.25) is 13.8 Å². The number of sulfonamides is 1. The van der Waals surface area contributed by atoms with Crippen molar-refractivity contribution in [3.63, 3.8) is 0 Å². The van der Waals surface area contributed by atoms with Crippen molar-refractivity contribution >= 4 is 21.7 Å². The lowest BCUT2D eigenvalue weighted by Gasteiger charge is -2.34. The molecule has 0 unspecified atom stereocenters. The second kappa shape index (κ2) is 5.95. The molecule has 0 bridgehead atoms. The summed E-state index contributed by atoms with van der Waals surface area (Å²) in [6.45, 7) is 0.666. The molecule has 10 heteroatoms. The minimum atomic E-state index is -3.39. The Hall–Kier alpha value is -2.49. The molecule has 1 aliphatic rings. The van der Waals surface area contributed by atoms with Gasteiger partial charge in [-0.25, -0.2) is 13.2 Å². The van der Waals surface area contributed by atoms with E-state index in [0.717, 1.165) is 0 Å². The highest BCUT2D eigenvalue weighted by molar-refractivity contribution is 7.92. The zero-order valence-corrected chi connectivity index (χ0v) is 13.2. The number of aromatic nitrogens is 2. The van der Waals surface area contributed by atoms with Crippen molar-refractivity contribution in [3.8, 4) is 5.75 Å². The smallest absolute Gasteiger partial charge is 0.440 e. The maximum atomic E-state index is 12.0. The SMILES string of the molecule is CS(=O)(=O)N1C[C@H](CCNc2noc(=O)[nH]2)Oc2ccccc21. The highest BCUT2D eigenvalue weighted by Crippen LogP contribution is 2.35. The Labute approximate surface area is 132 Å². The third-order valence-corrected chi connectivity index (χ3v) is 4.54. The largest absolute Gasteiger partial charge is 0.486 e. The van der Waals surface area contributed by atoms with Gasteiger partial charge in [-0.2, -0.15) is 0 Å². The summed E-state index contributed by atoms with van der Waals surface area (Å²) in [4.78, 5) is 13.2. The number of ether oxygens (including phenoxy) is 1. The number of aromatic amines is 1. The number of benzene rings is 1. The van der Waals surface area contributed by atoms with Crippen LogP contribution < -0.4 is 20.1 Å². The topological polar surface area (TPSA) is 118 Å². The summed E-state index contributed by atoms with van der Waals surface area (Å²) in [7, 11) is -3.39. The molecule has 23 heavy (non-hydrogen) atoms. The van der Waals surface area contributed by atoms with E-state index in [-0.39, 0.29) is 18.6 Å². The fourth-order valence-electron chi connectivity index (χ4n) is 2.38. The first-order chi connectivity index (χ1) is 10.9. The van der Waals surface area contributed by atoms with Crippen molar-refractivity contribution in [1.82, 2.24) is 10.1 Å². The van der Waals surface area contributed by atoms with Crippen LogP contribution in [0.4, 0.5) is 11.6 Å². The van der Waals surface area contributed by atoms with Gasteiger partial charge in [0.05, 0.1) is 18.5 Å². The van der Waals surface area contributed by atoms with Crippen LogP contribution in [-0.2, 0) is 10.0 Å². The maximum absolute atomic E-state index is 12.0. The molecule has 0 aliphatic carbocycles. The lowest BCUT2D eigenvalue weighted by Crippen LogP contribution is -2.43. The molecule has 1 aromatic heterocycles. The molecule has 0 saturated heterocycles. The van der Waals surface area contributed by atoms with Gasteiger partial charge in [-0.15, -0.1) is 0 Å². The number of nitrogens with zero attached hydrogens (tertiary/aromatic N) is 2.